The highest BCUT2D eigenvalue weighted by molar-refractivity contribution is 5.76. The Balaban J connectivity index is 2.12. The van der Waals surface area contributed by atoms with Gasteiger partial charge in [-0.3, -0.25) is 4.79 Å². The van der Waals surface area contributed by atoms with Gasteiger partial charge < -0.3 is 14.8 Å². The Hall–Kier alpha value is -0.610. The van der Waals surface area contributed by atoms with Crippen LogP contribution in [0.1, 0.15) is 26.2 Å². The van der Waals surface area contributed by atoms with Crippen molar-refractivity contribution in [1.82, 2.24) is 5.32 Å². The van der Waals surface area contributed by atoms with Gasteiger partial charge in [0.25, 0.3) is 0 Å². The van der Waals surface area contributed by atoms with Crippen molar-refractivity contribution < 1.29 is 14.3 Å². The maximum atomic E-state index is 11.4. The molecule has 0 heterocycles. The molecule has 1 N–H and O–H groups in total. The Labute approximate surface area is 91.3 Å². The van der Waals surface area contributed by atoms with Crippen molar-refractivity contribution in [3.8, 4) is 0 Å². The van der Waals surface area contributed by atoms with Crippen LogP contribution in [0.2, 0.25) is 0 Å². The monoisotopic (exact) mass is 215 g/mol. The molecule has 0 radical (unpaired) electrons. The number of hydrogen-bond donors (Lipinski definition) is 1. The largest absolute Gasteiger partial charge is 0.468 e. The summed E-state index contributed by atoms with van der Waals surface area (Å²) in [5.41, 5.74) is 0. The zero-order chi connectivity index (χ0) is 11.1. The van der Waals surface area contributed by atoms with Crippen LogP contribution >= 0.6 is 0 Å². The average Bonchev–Trinajstić information content (AvgIpc) is 3.06. The van der Waals surface area contributed by atoms with Crippen molar-refractivity contribution in [3.63, 3.8) is 0 Å². The molecule has 0 aromatic rings. The molecule has 88 valence electrons. The lowest BCUT2D eigenvalue weighted by Gasteiger charge is -2.15. The van der Waals surface area contributed by atoms with Crippen LogP contribution < -0.4 is 5.32 Å². The quantitative estimate of drug-likeness (QED) is 0.484. The maximum absolute atomic E-state index is 11.4. The summed E-state index contributed by atoms with van der Waals surface area (Å²) in [6.45, 7) is 4.30. The number of esters is 1. The van der Waals surface area contributed by atoms with Gasteiger partial charge in [-0.25, -0.2) is 0 Å². The first-order valence-electron chi connectivity index (χ1n) is 5.68. The lowest BCUT2D eigenvalue weighted by Crippen LogP contribution is -2.40. The molecule has 1 rings (SSSR count). The fourth-order valence-corrected chi connectivity index (χ4v) is 1.58. The highest BCUT2D eigenvalue weighted by Gasteiger charge is 2.36. The third kappa shape index (κ3) is 4.62. The van der Waals surface area contributed by atoms with E-state index in [1.165, 1.54) is 7.11 Å². The van der Waals surface area contributed by atoms with E-state index in [9.17, 15) is 4.79 Å². The fourth-order valence-electron chi connectivity index (χ4n) is 1.58. The van der Waals surface area contributed by atoms with Gasteiger partial charge in [0.2, 0.25) is 0 Å². The van der Waals surface area contributed by atoms with Crippen molar-refractivity contribution in [2.75, 3.05) is 26.9 Å². The minimum Gasteiger partial charge on any atom is -0.468 e. The minimum atomic E-state index is -0.131. The SMILES string of the molecule is CCOCCCNC(C(=O)OC)C1CC1. The smallest absolute Gasteiger partial charge is 0.323 e. The van der Waals surface area contributed by atoms with E-state index in [1.54, 1.807) is 0 Å². The van der Waals surface area contributed by atoms with Gasteiger partial charge in [-0.05, 0) is 38.6 Å². The van der Waals surface area contributed by atoms with Gasteiger partial charge >= 0.3 is 5.97 Å². The van der Waals surface area contributed by atoms with E-state index in [0.29, 0.717) is 5.92 Å². The second-order valence-corrected chi connectivity index (χ2v) is 3.84. The molecule has 0 aliphatic heterocycles. The van der Waals surface area contributed by atoms with Crippen LogP contribution in [0.25, 0.3) is 0 Å². The zero-order valence-corrected chi connectivity index (χ0v) is 9.62. The highest BCUT2D eigenvalue weighted by atomic mass is 16.5. The number of carbonyl (C=O) groups is 1. The zero-order valence-electron chi connectivity index (χ0n) is 9.62. The predicted octanol–water partition coefficient (Wildman–Crippen LogP) is 0.954. The Bertz CT molecular complexity index is 192. The Morgan fingerprint density at radius 3 is 2.80 bits per heavy atom. The summed E-state index contributed by atoms with van der Waals surface area (Å²) in [4.78, 5) is 11.4. The molecular weight excluding hydrogens is 194 g/mol. The first-order chi connectivity index (χ1) is 7.29. The summed E-state index contributed by atoms with van der Waals surface area (Å²) in [6, 6.07) is -0.100. The van der Waals surface area contributed by atoms with Crippen molar-refractivity contribution in [1.29, 1.82) is 0 Å². The van der Waals surface area contributed by atoms with E-state index in [-0.39, 0.29) is 12.0 Å². The summed E-state index contributed by atoms with van der Waals surface area (Å²) >= 11 is 0. The lowest BCUT2D eigenvalue weighted by atomic mass is 10.2. The lowest BCUT2D eigenvalue weighted by molar-refractivity contribution is -0.143. The first kappa shape index (κ1) is 12.5. The molecule has 4 heteroatoms. The van der Waals surface area contributed by atoms with Crippen LogP contribution in [0.4, 0.5) is 0 Å². The normalized spacial score (nSPS) is 17.5. The molecule has 1 atom stereocenters. The van der Waals surface area contributed by atoms with E-state index in [4.69, 9.17) is 9.47 Å². The first-order valence-corrected chi connectivity index (χ1v) is 5.68. The predicted molar refractivity (Wildman–Crippen MR) is 57.6 cm³/mol. The van der Waals surface area contributed by atoms with Crippen LogP contribution in [0.15, 0.2) is 0 Å². The molecule has 0 aromatic heterocycles. The molecule has 1 unspecified atom stereocenters. The van der Waals surface area contributed by atoms with E-state index in [0.717, 1.165) is 39.0 Å². The Morgan fingerprint density at radius 1 is 1.53 bits per heavy atom. The third-order valence-corrected chi connectivity index (χ3v) is 2.58. The molecule has 0 aromatic carbocycles. The molecule has 0 spiro atoms. The molecule has 1 aliphatic carbocycles. The van der Waals surface area contributed by atoms with Gasteiger partial charge in [0, 0.05) is 13.2 Å². The summed E-state index contributed by atoms with van der Waals surface area (Å²) in [6.07, 6.45) is 3.21. The molecule has 0 saturated heterocycles. The second-order valence-electron chi connectivity index (χ2n) is 3.84. The van der Waals surface area contributed by atoms with Gasteiger partial charge in [-0.15, -0.1) is 0 Å². The van der Waals surface area contributed by atoms with Crippen LogP contribution in [-0.2, 0) is 14.3 Å². The van der Waals surface area contributed by atoms with Gasteiger partial charge in [-0.1, -0.05) is 0 Å². The molecular formula is C11H21NO3. The number of hydrogen-bond acceptors (Lipinski definition) is 4. The van der Waals surface area contributed by atoms with E-state index >= 15 is 0 Å². The molecule has 15 heavy (non-hydrogen) atoms. The van der Waals surface area contributed by atoms with Gasteiger partial charge in [0.15, 0.2) is 0 Å². The van der Waals surface area contributed by atoms with Crippen molar-refractivity contribution in [3.05, 3.63) is 0 Å². The Kier molecular flexibility index (Phi) is 5.65. The summed E-state index contributed by atoms with van der Waals surface area (Å²) < 4.78 is 9.98. The van der Waals surface area contributed by atoms with Crippen LogP contribution in [0.3, 0.4) is 0 Å². The van der Waals surface area contributed by atoms with Crippen LogP contribution in [0, 0.1) is 5.92 Å². The van der Waals surface area contributed by atoms with Crippen LogP contribution in [-0.4, -0.2) is 38.9 Å². The Morgan fingerprint density at radius 2 is 2.27 bits per heavy atom. The number of carbonyl (C=O) groups excluding carboxylic acids is 1. The molecule has 1 fully saturated rings. The molecule has 0 amide bonds. The van der Waals surface area contributed by atoms with Crippen molar-refractivity contribution >= 4 is 5.97 Å². The van der Waals surface area contributed by atoms with E-state index < -0.39 is 0 Å². The number of methoxy groups -OCH3 is 1. The van der Waals surface area contributed by atoms with Crippen LogP contribution in [0.5, 0.6) is 0 Å². The fraction of sp³-hybridized carbons (Fsp3) is 0.909. The van der Waals surface area contributed by atoms with Gasteiger partial charge in [-0.2, -0.15) is 0 Å². The standard InChI is InChI=1S/C11H21NO3/c1-3-15-8-4-7-12-10(9-5-6-9)11(13)14-2/h9-10,12H,3-8H2,1-2H3. The number of rotatable bonds is 8. The highest BCUT2D eigenvalue weighted by Crippen LogP contribution is 2.33. The number of nitrogens with one attached hydrogen (secondary N) is 1. The molecule has 0 bridgehead atoms. The summed E-state index contributed by atoms with van der Waals surface area (Å²) in [5, 5.41) is 3.24. The van der Waals surface area contributed by atoms with Gasteiger partial charge in [0.1, 0.15) is 6.04 Å². The maximum Gasteiger partial charge on any atom is 0.323 e. The van der Waals surface area contributed by atoms with E-state index in [1.807, 2.05) is 6.92 Å². The molecule has 4 nitrogen and oxygen atoms in total. The van der Waals surface area contributed by atoms with Gasteiger partial charge in [0.05, 0.1) is 7.11 Å². The molecule has 1 aliphatic rings. The number of ether oxygens (including phenoxy) is 2. The second kappa shape index (κ2) is 6.80. The van der Waals surface area contributed by atoms with Crippen molar-refractivity contribution in [2.45, 2.75) is 32.2 Å². The topological polar surface area (TPSA) is 47.6 Å². The summed E-state index contributed by atoms with van der Waals surface area (Å²) in [7, 11) is 1.44. The van der Waals surface area contributed by atoms with Crippen molar-refractivity contribution in [2.24, 2.45) is 5.92 Å². The average molecular weight is 215 g/mol. The summed E-state index contributed by atoms with van der Waals surface area (Å²) in [5.74, 6) is 0.360. The molecule has 1 saturated carbocycles. The van der Waals surface area contributed by atoms with E-state index in [2.05, 4.69) is 5.32 Å². The minimum absolute atomic E-state index is 0.100. The third-order valence-electron chi connectivity index (χ3n) is 2.58.